The summed E-state index contributed by atoms with van der Waals surface area (Å²) in [5.74, 6) is 0. The summed E-state index contributed by atoms with van der Waals surface area (Å²) in [4.78, 5) is 0. The van der Waals surface area contributed by atoms with Crippen LogP contribution in [0.4, 0.5) is 0 Å². The largest absolute Gasteiger partial charge is 1.00 e. The summed E-state index contributed by atoms with van der Waals surface area (Å²) in [7, 11) is 1.09. The molecule has 0 heterocycles. The molecular weight excluding hydrogens is 99.0 g/mol. The van der Waals surface area contributed by atoms with Gasteiger partial charge in [-0.25, -0.2) is 4.21 Å². The molecule has 0 saturated carbocycles. The summed E-state index contributed by atoms with van der Waals surface area (Å²) in [6.45, 7) is 0. The second kappa shape index (κ2) is 5.67. The summed E-state index contributed by atoms with van der Waals surface area (Å²) < 4.78 is 22.0. The maximum absolute atomic E-state index is 9.15. The fourth-order valence-corrected chi connectivity index (χ4v) is 0. The summed E-state index contributed by atoms with van der Waals surface area (Å²) in [5.41, 5.74) is 0. The Bertz CT molecular complexity index is 50.2. The minimum Gasteiger partial charge on any atom is -1.00 e. The Balaban J connectivity index is -0.0000000800. The SMILES string of the molecule is COS(=O)[O-].[H-].[Li+]. The van der Waals surface area contributed by atoms with E-state index in [1.807, 2.05) is 0 Å². The van der Waals surface area contributed by atoms with Gasteiger partial charge in [-0.1, -0.05) is 0 Å². The average Bonchev–Trinajstić information content (AvgIpc) is 1.38. The van der Waals surface area contributed by atoms with Crippen LogP contribution in [0.15, 0.2) is 0 Å². The van der Waals surface area contributed by atoms with Crippen molar-refractivity contribution >= 4 is 11.4 Å². The Morgan fingerprint density at radius 3 is 2.17 bits per heavy atom. The van der Waals surface area contributed by atoms with Crippen LogP contribution < -0.4 is 18.9 Å². The van der Waals surface area contributed by atoms with Gasteiger partial charge < -0.3 is 10.2 Å². The van der Waals surface area contributed by atoms with Crippen LogP contribution in [0.2, 0.25) is 0 Å². The fourth-order valence-electron chi connectivity index (χ4n) is 0. The zero-order valence-electron chi connectivity index (χ0n) is 4.63. The van der Waals surface area contributed by atoms with Gasteiger partial charge in [-0.2, -0.15) is 0 Å². The van der Waals surface area contributed by atoms with Crippen molar-refractivity contribution in [2.75, 3.05) is 7.11 Å². The van der Waals surface area contributed by atoms with Crippen molar-refractivity contribution in [1.82, 2.24) is 0 Å². The van der Waals surface area contributed by atoms with Gasteiger partial charge in [0.15, 0.2) is 0 Å². The molecule has 0 rings (SSSR count). The molecule has 1 atom stereocenters. The zero-order chi connectivity index (χ0) is 4.28. The molecule has 5 heteroatoms. The van der Waals surface area contributed by atoms with Gasteiger partial charge in [0.1, 0.15) is 0 Å². The van der Waals surface area contributed by atoms with Crippen molar-refractivity contribution in [2.24, 2.45) is 0 Å². The van der Waals surface area contributed by atoms with Crippen molar-refractivity contribution in [3.63, 3.8) is 0 Å². The van der Waals surface area contributed by atoms with Crippen LogP contribution in [-0.4, -0.2) is 15.9 Å². The summed E-state index contributed by atoms with van der Waals surface area (Å²) in [5, 5.41) is 0. The number of hydrogen-bond acceptors (Lipinski definition) is 3. The van der Waals surface area contributed by atoms with Gasteiger partial charge in [-0.3, -0.25) is 0 Å². The van der Waals surface area contributed by atoms with Gasteiger partial charge in [0.2, 0.25) is 0 Å². The van der Waals surface area contributed by atoms with E-state index in [0.717, 1.165) is 7.11 Å². The van der Waals surface area contributed by atoms with E-state index in [9.17, 15) is 0 Å². The standard InChI is InChI=1S/CH4O3S.Li.H/c1-4-5(2)3;;/h1H3,(H,2,3);;/q;+1;-1/p-1. The van der Waals surface area contributed by atoms with E-state index in [1.54, 1.807) is 0 Å². The van der Waals surface area contributed by atoms with Crippen LogP contribution in [0, 0.1) is 0 Å². The molecular formula is CH4LiO3S-. The first-order valence-corrected chi connectivity index (χ1v) is 1.91. The molecule has 0 aliphatic carbocycles. The third-order valence-electron chi connectivity index (χ3n) is 0.136. The van der Waals surface area contributed by atoms with Crippen molar-refractivity contribution in [2.45, 2.75) is 0 Å². The Morgan fingerprint density at radius 2 is 2.17 bits per heavy atom. The van der Waals surface area contributed by atoms with E-state index in [2.05, 4.69) is 4.18 Å². The molecule has 0 aromatic carbocycles. The van der Waals surface area contributed by atoms with Crippen molar-refractivity contribution < 1.29 is 33.2 Å². The van der Waals surface area contributed by atoms with Gasteiger partial charge in [0.25, 0.3) is 0 Å². The maximum Gasteiger partial charge on any atom is 1.00 e. The smallest absolute Gasteiger partial charge is 1.00 e. The fraction of sp³-hybridized carbons (Fsp3) is 1.00. The van der Waals surface area contributed by atoms with E-state index < -0.39 is 11.4 Å². The molecule has 0 amide bonds. The monoisotopic (exact) mass is 103 g/mol. The van der Waals surface area contributed by atoms with Crippen molar-refractivity contribution in [1.29, 1.82) is 0 Å². The van der Waals surface area contributed by atoms with Crippen LogP contribution in [0.1, 0.15) is 1.43 Å². The minimum absolute atomic E-state index is 0. The normalized spacial score (nSPS) is 12.3. The van der Waals surface area contributed by atoms with Gasteiger partial charge >= 0.3 is 18.9 Å². The quantitative estimate of drug-likeness (QED) is 0.256. The van der Waals surface area contributed by atoms with E-state index in [4.69, 9.17) is 8.76 Å². The van der Waals surface area contributed by atoms with E-state index in [0.29, 0.717) is 0 Å². The Hall–Kier alpha value is 0.667. The molecule has 0 spiro atoms. The van der Waals surface area contributed by atoms with Gasteiger partial charge in [0.05, 0.1) is 18.5 Å². The molecule has 0 fully saturated rings. The second-order valence-corrected chi connectivity index (χ2v) is 1.11. The maximum atomic E-state index is 9.15. The molecule has 6 heavy (non-hydrogen) atoms. The van der Waals surface area contributed by atoms with Crippen LogP contribution >= 0.6 is 0 Å². The van der Waals surface area contributed by atoms with E-state index >= 15 is 0 Å². The van der Waals surface area contributed by atoms with Crippen LogP contribution in [0.25, 0.3) is 0 Å². The molecule has 0 aromatic rings. The molecule has 1 unspecified atom stereocenters. The summed E-state index contributed by atoms with van der Waals surface area (Å²) >= 11 is -2.32. The molecule has 0 aliphatic heterocycles. The first-order chi connectivity index (χ1) is 2.27. The van der Waals surface area contributed by atoms with Gasteiger partial charge in [-0.15, -0.1) is 0 Å². The molecule has 0 aliphatic rings. The van der Waals surface area contributed by atoms with Gasteiger partial charge in [-0.05, 0) is 0 Å². The average molecular weight is 103 g/mol. The number of hydrogen-bond donors (Lipinski definition) is 0. The first kappa shape index (κ1) is 9.83. The third-order valence-corrected chi connectivity index (χ3v) is 0.408. The first-order valence-electron chi connectivity index (χ1n) is 0.908. The molecule has 0 saturated heterocycles. The number of rotatable bonds is 1. The molecule has 34 valence electrons. The Morgan fingerprint density at radius 1 is 2.00 bits per heavy atom. The van der Waals surface area contributed by atoms with E-state index in [-0.39, 0.29) is 20.3 Å². The van der Waals surface area contributed by atoms with Crippen molar-refractivity contribution in [3.05, 3.63) is 0 Å². The summed E-state index contributed by atoms with van der Waals surface area (Å²) in [6, 6.07) is 0. The molecule has 0 aromatic heterocycles. The van der Waals surface area contributed by atoms with Crippen molar-refractivity contribution in [3.8, 4) is 0 Å². The molecule has 3 nitrogen and oxygen atoms in total. The minimum atomic E-state index is -2.32. The predicted molar refractivity (Wildman–Crippen MR) is 17.0 cm³/mol. The predicted octanol–water partition coefficient (Wildman–Crippen LogP) is -3.46. The summed E-state index contributed by atoms with van der Waals surface area (Å²) in [6.07, 6.45) is 0. The topological polar surface area (TPSA) is 49.4 Å². The zero-order valence-corrected chi connectivity index (χ0v) is 4.45. The van der Waals surface area contributed by atoms with Gasteiger partial charge in [0, 0.05) is 0 Å². The molecule has 0 N–H and O–H groups in total. The third kappa shape index (κ3) is 8.82. The molecule has 0 bridgehead atoms. The van der Waals surface area contributed by atoms with E-state index in [1.165, 1.54) is 0 Å². The Labute approximate surface area is 52.2 Å². The molecule has 0 radical (unpaired) electrons. The van der Waals surface area contributed by atoms with Crippen LogP contribution in [-0.2, 0) is 15.5 Å². The van der Waals surface area contributed by atoms with Crippen LogP contribution in [0.5, 0.6) is 0 Å². The second-order valence-electron chi connectivity index (χ2n) is 0.371. The van der Waals surface area contributed by atoms with Crippen LogP contribution in [0.3, 0.4) is 0 Å². The Kier molecular flexibility index (Phi) is 9.29.